The molecule has 1 unspecified atom stereocenters. The molecule has 35 heavy (non-hydrogen) atoms. The van der Waals surface area contributed by atoms with E-state index in [-0.39, 0.29) is 29.0 Å². The average molecular weight is 476 g/mol. The number of aromatic nitrogens is 1. The molecular formula is C26H21FN2O6. The van der Waals surface area contributed by atoms with Gasteiger partial charge in [-0.25, -0.2) is 9.18 Å². The number of methoxy groups -OCH3 is 2. The minimum Gasteiger partial charge on any atom is -0.507 e. The number of pyridine rings is 1. The van der Waals surface area contributed by atoms with E-state index in [1.54, 1.807) is 36.7 Å². The van der Waals surface area contributed by atoms with Gasteiger partial charge in [0.15, 0.2) is 11.6 Å². The Balaban J connectivity index is 1.85. The molecular weight excluding hydrogens is 455 g/mol. The standard InChI is InChI=1S/C26H21FN2O6/c1-34-20-10-9-18(12-19(20)27)23(30)21-22(16-5-7-17(8-6-16)26(33)35-2)29(25(32)24(21)31)14-15-4-3-11-28-13-15/h3-13,22,30H,14H2,1-2H3/b23-21+. The number of likely N-dealkylation sites (tertiary alicyclic amines) is 1. The van der Waals surface area contributed by atoms with E-state index in [9.17, 15) is 23.9 Å². The van der Waals surface area contributed by atoms with Crippen LogP contribution in [0.3, 0.4) is 0 Å². The molecule has 0 spiro atoms. The van der Waals surface area contributed by atoms with Crippen LogP contribution in [0.1, 0.15) is 33.1 Å². The Hall–Kier alpha value is -4.53. The summed E-state index contributed by atoms with van der Waals surface area (Å²) in [5, 5.41) is 11.1. The largest absolute Gasteiger partial charge is 0.507 e. The summed E-state index contributed by atoms with van der Waals surface area (Å²) in [5.41, 5.74) is 1.23. The second-order valence-electron chi connectivity index (χ2n) is 7.75. The normalized spacial score (nSPS) is 16.9. The number of halogens is 1. The van der Waals surface area contributed by atoms with Crippen LogP contribution in [-0.4, -0.2) is 46.9 Å². The fraction of sp³-hybridized carbons (Fsp3) is 0.154. The molecule has 4 rings (SSSR count). The van der Waals surface area contributed by atoms with E-state index in [2.05, 4.69) is 4.98 Å². The quantitative estimate of drug-likeness (QED) is 0.251. The van der Waals surface area contributed by atoms with Crippen molar-refractivity contribution in [1.82, 2.24) is 9.88 Å². The number of ketones is 1. The first kappa shape index (κ1) is 23.6. The topological polar surface area (TPSA) is 106 Å². The predicted octanol–water partition coefficient (Wildman–Crippen LogP) is 3.64. The molecule has 178 valence electrons. The minimum absolute atomic E-state index is 0.0128. The van der Waals surface area contributed by atoms with Crippen LogP contribution in [0.15, 0.2) is 72.6 Å². The summed E-state index contributed by atoms with van der Waals surface area (Å²) in [6, 6.07) is 12.3. The smallest absolute Gasteiger partial charge is 0.337 e. The van der Waals surface area contributed by atoms with E-state index in [4.69, 9.17) is 9.47 Å². The van der Waals surface area contributed by atoms with Crippen LogP contribution in [0, 0.1) is 5.82 Å². The first-order chi connectivity index (χ1) is 16.8. The number of hydrogen-bond donors (Lipinski definition) is 1. The predicted molar refractivity (Wildman–Crippen MR) is 123 cm³/mol. The van der Waals surface area contributed by atoms with Crippen molar-refractivity contribution in [2.45, 2.75) is 12.6 Å². The maximum Gasteiger partial charge on any atom is 0.337 e. The molecule has 8 nitrogen and oxygen atoms in total. The molecule has 0 saturated carbocycles. The van der Waals surface area contributed by atoms with E-state index < -0.39 is 35.3 Å². The lowest BCUT2D eigenvalue weighted by Crippen LogP contribution is -2.29. The van der Waals surface area contributed by atoms with Crippen molar-refractivity contribution in [3.63, 3.8) is 0 Å². The third-order valence-electron chi connectivity index (χ3n) is 5.69. The fourth-order valence-electron chi connectivity index (χ4n) is 3.97. The Bertz CT molecular complexity index is 1320. The maximum absolute atomic E-state index is 14.3. The number of amides is 1. The van der Waals surface area contributed by atoms with Crippen LogP contribution in [0.4, 0.5) is 4.39 Å². The zero-order valence-corrected chi connectivity index (χ0v) is 18.9. The Labute approximate surface area is 200 Å². The van der Waals surface area contributed by atoms with Gasteiger partial charge in [0.1, 0.15) is 5.76 Å². The van der Waals surface area contributed by atoms with Gasteiger partial charge in [0.05, 0.1) is 31.4 Å². The highest BCUT2D eigenvalue weighted by atomic mass is 19.1. The van der Waals surface area contributed by atoms with Gasteiger partial charge in [0.2, 0.25) is 0 Å². The number of esters is 1. The summed E-state index contributed by atoms with van der Waals surface area (Å²) < 4.78 is 24.0. The molecule has 1 atom stereocenters. The number of hydrogen-bond acceptors (Lipinski definition) is 7. The highest BCUT2D eigenvalue weighted by Crippen LogP contribution is 2.40. The Morgan fingerprint density at radius 1 is 1.09 bits per heavy atom. The lowest BCUT2D eigenvalue weighted by atomic mass is 9.94. The summed E-state index contributed by atoms with van der Waals surface area (Å²) in [7, 11) is 2.56. The SMILES string of the molecule is COC(=O)c1ccc(C2/C(=C(\O)c3ccc(OC)c(F)c3)C(=O)C(=O)N2Cc2cccnc2)cc1. The molecule has 2 heterocycles. The summed E-state index contributed by atoms with van der Waals surface area (Å²) in [6.07, 6.45) is 3.15. The number of rotatable bonds is 6. The minimum atomic E-state index is -0.993. The molecule has 0 radical (unpaired) electrons. The van der Waals surface area contributed by atoms with Gasteiger partial charge in [-0.15, -0.1) is 0 Å². The number of nitrogens with zero attached hydrogens (tertiary/aromatic N) is 2. The molecule has 3 aromatic rings. The van der Waals surface area contributed by atoms with Gasteiger partial charge in [-0.1, -0.05) is 18.2 Å². The van der Waals surface area contributed by atoms with E-state index in [1.807, 2.05) is 0 Å². The average Bonchev–Trinajstić information content (AvgIpc) is 3.13. The van der Waals surface area contributed by atoms with E-state index in [0.29, 0.717) is 11.1 Å². The lowest BCUT2D eigenvalue weighted by molar-refractivity contribution is -0.140. The summed E-state index contributed by atoms with van der Waals surface area (Å²) in [6.45, 7) is 0.0373. The monoisotopic (exact) mass is 476 g/mol. The molecule has 1 N–H and O–H groups in total. The first-order valence-corrected chi connectivity index (χ1v) is 10.5. The summed E-state index contributed by atoms with van der Waals surface area (Å²) >= 11 is 0. The molecule has 9 heteroatoms. The van der Waals surface area contributed by atoms with E-state index >= 15 is 0 Å². The highest BCUT2D eigenvalue weighted by molar-refractivity contribution is 6.46. The van der Waals surface area contributed by atoms with Gasteiger partial charge < -0.3 is 19.5 Å². The molecule has 1 aromatic heterocycles. The number of Topliss-reactive ketones (excluding diaryl/α,β-unsaturated/α-hetero) is 1. The zero-order chi connectivity index (χ0) is 25.1. The van der Waals surface area contributed by atoms with Crippen molar-refractivity contribution in [2.24, 2.45) is 0 Å². The molecule has 0 bridgehead atoms. The summed E-state index contributed by atoms with van der Waals surface area (Å²) in [4.78, 5) is 43.4. The zero-order valence-electron chi connectivity index (χ0n) is 18.9. The van der Waals surface area contributed by atoms with Crippen LogP contribution in [-0.2, 0) is 20.9 Å². The molecule has 1 fully saturated rings. The van der Waals surface area contributed by atoms with Crippen LogP contribution < -0.4 is 4.74 Å². The van der Waals surface area contributed by atoms with Crippen LogP contribution in [0.25, 0.3) is 5.76 Å². The van der Waals surface area contributed by atoms with Crippen LogP contribution >= 0.6 is 0 Å². The van der Waals surface area contributed by atoms with Crippen molar-refractivity contribution in [3.8, 4) is 5.75 Å². The molecule has 2 aromatic carbocycles. The van der Waals surface area contributed by atoms with Crippen LogP contribution in [0.5, 0.6) is 5.75 Å². The van der Waals surface area contributed by atoms with Crippen molar-refractivity contribution in [1.29, 1.82) is 0 Å². The van der Waals surface area contributed by atoms with Gasteiger partial charge in [-0.3, -0.25) is 14.6 Å². The fourth-order valence-corrected chi connectivity index (χ4v) is 3.97. The van der Waals surface area contributed by atoms with Crippen molar-refractivity contribution in [3.05, 3.63) is 101 Å². The first-order valence-electron chi connectivity index (χ1n) is 10.5. The second kappa shape index (κ2) is 9.76. The molecule has 1 amide bonds. The molecule has 0 aliphatic carbocycles. The Morgan fingerprint density at radius 2 is 1.80 bits per heavy atom. The number of ether oxygens (including phenoxy) is 2. The van der Waals surface area contributed by atoms with Crippen LogP contribution in [0.2, 0.25) is 0 Å². The number of aliphatic hydroxyl groups is 1. The van der Waals surface area contributed by atoms with Gasteiger partial charge >= 0.3 is 5.97 Å². The highest BCUT2D eigenvalue weighted by Gasteiger charge is 2.46. The Kier molecular flexibility index (Phi) is 6.59. The van der Waals surface area contributed by atoms with Gasteiger partial charge in [0, 0.05) is 24.5 Å². The maximum atomic E-state index is 14.3. The summed E-state index contributed by atoms with van der Waals surface area (Å²) in [5.74, 6) is -3.58. The number of aliphatic hydroxyl groups excluding tert-OH is 1. The Morgan fingerprint density at radius 3 is 2.40 bits per heavy atom. The van der Waals surface area contributed by atoms with E-state index in [0.717, 1.165) is 6.07 Å². The molecule has 1 aliphatic heterocycles. The number of carbonyl (C=O) groups excluding carboxylic acids is 3. The van der Waals surface area contributed by atoms with Gasteiger partial charge in [-0.2, -0.15) is 0 Å². The third-order valence-corrected chi connectivity index (χ3v) is 5.69. The van der Waals surface area contributed by atoms with E-state index in [1.165, 1.54) is 43.4 Å². The van der Waals surface area contributed by atoms with Gasteiger partial charge in [-0.05, 0) is 47.5 Å². The van der Waals surface area contributed by atoms with Crippen molar-refractivity contribution >= 4 is 23.4 Å². The van der Waals surface area contributed by atoms with Crippen molar-refractivity contribution < 1.29 is 33.4 Å². The second-order valence-corrected chi connectivity index (χ2v) is 7.75. The number of benzene rings is 2. The van der Waals surface area contributed by atoms with Gasteiger partial charge in [0.25, 0.3) is 11.7 Å². The molecule has 1 aliphatic rings. The molecule has 1 saturated heterocycles. The number of carbonyl (C=O) groups is 3. The lowest BCUT2D eigenvalue weighted by Gasteiger charge is -2.25. The third kappa shape index (κ3) is 4.48. The van der Waals surface area contributed by atoms with Crippen molar-refractivity contribution in [2.75, 3.05) is 14.2 Å².